The van der Waals surface area contributed by atoms with Gasteiger partial charge in [-0.1, -0.05) is 71.2 Å². The molecular weight excluding hydrogens is 569 g/mol. The SMILES string of the molecule is Cc1ccc(S(=O)(=O)N(CC(=O)N(Cc2ccccc2C)[C@@H](C)C(=O)NC(C)(C)C)c2cccc(Cl)c2Cl)cc1. The Morgan fingerprint density at radius 3 is 2.15 bits per heavy atom. The molecule has 0 aliphatic rings. The number of rotatable bonds is 9. The zero-order chi connectivity index (χ0) is 29.8. The van der Waals surface area contributed by atoms with Gasteiger partial charge in [-0.25, -0.2) is 8.42 Å². The lowest BCUT2D eigenvalue weighted by molar-refractivity contribution is -0.140. The summed E-state index contributed by atoms with van der Waals surface area (Å²) in [6.45, 7) is 10.4. The van der Waals surface area contributed by atoms with Gasteiger partial charge in [0.25, 0.3) is 10.0 Å². The summed E-state index contributed by atoms with van der Waals surface area (Å²) in [4.78, 5) is 28.6. The molecule has 0 unspecified atom stereocenters. The Hall–Kier alpha value is -3.07. The largest absolute Gasteiger partial charge is 0.350 e. The smallest absolute Gasteiger partial charge is 0.264 e. The van der Waals surface area contributed by atoms with E-state index in [-0.39, 0.29) is 33.1 Å². The van der Waals surface area contributed by atoms with Gasteiger partial charge in [0.2, 0.25) is 11.8 Å². The predicted octanol–water partition coefficient (Wildman–Crippen LogP) is 6.14. The number of amides is 2. The molecular formula is C30H35Cl2N3O4S. The lowest BCUT2D eigenvalue weighted by Gasteiger charge is -2.34. The van der Waals surface area contributed by atoms with Crippen molar-refractivity contribution in [1.82, 2.24) is 10.2 Å². The topological polar surface area (TPSA) is 86.8 Å². The Kier molecular flexibility index (Phi) is 9.93. The van der Waals surface area contributed by atoms with Crippen molar-refractivity contribution in [1.29, 1.82) is 0 Å². The van der Waals surface area contributed by atoms with Crippen LogP contribution in [0.1, 0.15) is 44.4 Å². The van der Waals surface area contributed by atoms with Gasteiger partial charge in [0.05, 0.1) is 20.6 Å². The summed E-state index contributed by atoms with van der Waals surface area (Å²) in [5.74, 6) is -0.935. The van der Waals surface area contributed by atoms with Crippen LogP contribution in [0.3, 0.4) is 0 Å². The van der Waals surface area contributed by atoms with Gasteiger partial charge in [0, 0.05) is 12.1 Å². The highest BCUT2D eigenvalue weighted by molar-refractivity contribution is 7.92. The van der Waals surface area contributed by atoms with E-state index in [0.717, 1.165) is 21.0 Å². The summed E-state index contributed by atoms with van der Waals surface area (Å²) < 4.78 is 28.8. The highest BCUT2D eigenvalue weighted by Crippen LogP contribution is 2.35. The Labute approximate surface area is 247 Å². The Morgan fingerprint density at radius 1 is 0.925 bits per heavy atom. The molecule has 0 radical (unpaired) electrons. The molecule has 214 valence electrons. The molecule has 2 amide bonds. The van der Waals surface area contributed by atoms with Crippen molar-refractivity contribution in [3.05, 3.63) is 93.5 Å². The third-order valence-electron chi connectivity index (χ3n) is 6.36. The van der Waals surface area contributed by atoms with Gasteiger partial charge in [0.1, 0.15) is 12.6 Å². The molecule has 0 heterocycles. The quantitative estimate of drug-likeness (QED) is 0.318. The molecule has 0 bridgehead atoms. The number of carbonyl (C=O) groups is 2. The van der Waals surface area contributed by atoms with Crippen LogP contribution in [0.2, 0.25) is 10.0 Å². The molecule has 3 aromatic carbocycles. The van der Waals surface area contributed by atoms with Gasteiger partial charge < -0.3 is 10.2 Å². The van der Waals surface area contributed by atoms with Crippen LogP contribution < -0.4 is 9.62 Å². The normalized spacial score (nSPS) is 12.5. The number of nitrogens with one attached hydrogen (secondary N) is 1. The van der Waals surface area contributed by atoms with Crippen molar-refractivity contribution < 1.29 is 18.0 Å². The molecule has 0 aliphatic heterocycles. The van der Waals surface area contributed by atoms with Crippen LogP contribution in [0.15, 0.2) is 71.6 Å². The first-order valence-corrected chi connectivity index (χ1v) is 15.0. The van der Waals surface area contributed by atoms with Gasteiger partial charge in [0.15, 0.2) is 0 Å². The summed E-state index contributed by atoms with van der Waals surface area (Å²) in [5.41, 5.74) is 2.18. The molecule has 0 aromatic heterocycles. The predicted molar refractivity (Wildman–Crippen MR) is 161 cm³/mol. The third-order valence-corrected chi connectivity index (χ3v) is 8.94. The maximum Gasteiger partial charge on any atom is 0.264 e. The zero-order valence-electron chi connectivity index (χ0n) is 23.5. The molecule has 0 saturated carbocycles. The van der Waals surface area contributed by atoms with E-state index in [4.69, 9.17) is 23.2 Å². The van der Waals surface area contributed by atoms with Crippen LogP contribution in [0.4, 0.5) is 5.69 Å². The van der Waals surface area contributed by atoms with Crippen LogP contribution in [0.5, 0.6) is 0 Å². The van der Waals surface area contributed by atoms with E-state index in [9.17, 15) is 18.0 Å². The second-order valence-corrected chi connectivity index (χ2v) is 13.4. The fraction of sp³-hybridized carbons (Fsp3) is 0.333. The van der Waals surface area contributed by atoms with E-state index < -0.39 is 34.1 Å². The van der Waals surface area contributed by atoms with E-state index in [2.05, 4.69) is 5.32 Å². The molecule has 0 spiro atoms. The number of aryl methyl sites for hydroxylation is 2. The summed E-state index contributed by atoms with van der Waals surface area (Å²) in [6, 6.07) is 17.5. The second-order valence-electron chi connectivity index (χ2n) is 10.8. The van der Waals surface area contributed by atoms with E-state index in [0.29, 0.717) is 0 Å². The van der Waals surface area contributed by atoms with E-state index in [1.165, 1.54) is 29.2 Å². The molecule has 1 N–H and O–H groups in total. The van der Waals surface area contributed by atoms with Gasteiger partial charge in [-0.3, -0.25) is 13.9 Å². The standard InChI is InChI=1S/C30H35Cl2N3O4S/c1-20-14-16-24(17-15-20)40(38,39)35(26-13-9-12-25(31)28(26)32)19-27(36)34(18-23-11-8-7-10-21(23)2)22(3)29(37)33-30(4,5)6/h7-17,22H,18-19H2,1-6H3,(H,33,37)/t22-/m0/s1. The third kappa shape index (κ3) is 7.56. The molecule has 0 saturated heterocycles. The van der Waals surface area contributed by atoms with E-state index >= 15 is 0 Å². The summed E-state index contributed by atoms with van der Waals surface area (Å²) >= 11 is 12.7. The molecule has 0 fully saturated rings. The van der Waals surface area contributed by atoms with Crippen LogP contribution >= 0.6 is 23.2 Å². The number of nitrogens with zero attached hydrogens (tertiary/aromatic N) is 2. The lowest BCUT2D eigenvalue weighted by atomic mass is 10.1. The van der Waals surface area contributed by atoms with Gasteiger partial charge >= 0.3 is 0 Å². The fourth-order valence-electron chi connectivity index (χ4n) is 4.06. The van der Waals surface area contributed by atoms with Crippen molar-refractivity contribution in [2.24, 2.45) is 0 Å². The maximum atomic E-state index is 14.0. The number of carbonyl (C=O) groups excluding carboxylic acids is 2. The summed E-state index contributed by atoms with van der Waals surface area (Å²) in [6.07, 6.45) is 0. The Bertz CT molecular complexity index is 1490. The van der Waals surface area contributed by atoms with E-state index in [1.54, 1.807) is 25.1 Å². The molecule has 0 aliphatic carbocycles. The highest BCUT2D eigenvalue weighted by Gasteiger charge is 2.34. The van der Waals surface area contributed by atoms with Crippen LogP contribution in [0.25, 0.3) is 0 Å². The van der Waals surface area contributed by atoms with Crippen molar-refractivity contribution in [3.63, 3.8) is 0 Å². The lowest BCUT2D eigenvalue weighted by Crippen LogP contribution is -2.54. The minimum absolute atomic E-state index is 0.00312. The average molecular weight is 605 g/mol. The minimum Gasteiger partial charge on any atom is -0.350 e. The monoisotopic (exact) mass is 603 g/mol. The van der Waals surface area contributed by atoms with E-state index in [1.807, 2.05) is 58.9 Å². The van der Waals surface area contributed by atoms with Crippen LogP contribution in [0, 0.1) is 13.8 Å². The summed E-state index contributed by atoms with van der Waals surface area (Å²) in [5, 5.41) is 3.06. The first kappa shape index (κ1) is 31.5. The van der Waals surface area contributed by atoms with Gasteiger partial charge in [-0.15, -0.1) is 0 Å². The van der Waals surface area contributed by atoms with Crippen LogP contribution in [-0.2, 0) is 26.2 Å². The number of sulfonamides is 1. The van der Waals surface area contributed by atoms with Crippen molar-refractivity contribution in [2.45, 2.75) is 64.6 Å². The maximum absolute atomic E-state index is 14.0. The van der Waals surface area contributed by atoms with Crippen molar-refractivity contribution in [3.8, 4) is 0 Å². The second kappa shape index (κ2) is 12.6. The fourth-order valence-corrected chi connectivity index (χ4v) is 5.94. The molecule has 7 nitrogen and oxygen atoms in total. The molecule has 1 atom stereocenters. The van der Waals surface area contributed by atoms with Crippen molar-refractivity contribution in [2.75, 3.05) is 10.8 Å². The molecule has 10 heteroatoms. The Morgan fingerprint density at radius 2 is 1.55 bits per heavy atom. The minimum atomic E-state index is -4.25. The number of hydrogen-bond donors (Lipinski definition) is 1. The highest BCUT2D eigenvalue weighted by atomic mass is 35.5. The van der Waals surface area contributed by atoms with Gasteiger partial charge in [-0.05, 0) is 76.9 Å². The number of benzene rings is 3. The number of hydrogen-bond acceptors (Lipinski definition) is 4. The summed E-state index contributed by atoms with van der Waals surface area (Å²) in [7, 11) is -4.25. The van der Waals surface area contributed by atoms with Crippen LogP contribution in [-0.4, -0.2) is 43.3 Å². The zero-order valence-corrected chi connectivity index (χ0v) is 25.9. The van der Waals surface area contributed by atoms with Gasteiger partial charge in [-0.2, -0.15) is 0 Å². The first-order chi connectivity index (χ1) is 18.6. The number of anilines is 1. The Balaban J connectivity index is 2.09. The molecule has 3 aromatic rings. The molecule has 3 rings (SSSR count). The first-order valence-electron chi connectivity index (χ1n) is 12.8. The average Bonchev–Trinajstić information content (AvgIpc) is 2.87. The number of halogens is 2. The van der Waals surface area contributed by atoms with Crippen molar-refractivity contribution >= 4 is 50.7 Å². The molecule has 40 heavy (non-hydrogen) atoms.